The summed E-state index contributed by atoms with van der Waals surface area (Å²) in [6.45, 7) is 4.13. The predicted molar refractivity (Wildman–Crippen MR) is 100 cm³/mol. The van der Waals surface area contributed by atoms with E-state index in [1.54, 1.807) is 12.3 Å². The molecule has 0 spiro atoms. The van der Waals surface area contributed by atoms with Gasteiger partial charge in [-0.1, -0.05) is 18.6 Å². The van der Waals surface area contributed by atoms with Crippen molar-refractivity contribution in [3.63, 3.8) is 0 Å². The Morgan fingerprint density at radius 3 is 2.54 bits per heavy atom. The van der Waals surface area contributed by atoms with E-state index in [4.69, 9.17) is 9.83 Å². The predicted octanol–water partition coefficient (Wildman–Crippen LogP) is 2.41. The fourth-order valence-corrected chi connectivity index (χ4v) is 3.75. The van der Waals surface area contributed by atoms with Gasteiger partial charge in [0.25, 0.3) is 5.56 Å². The van der Waals surface area contributed by atoms with Crippen molar-refractivity contribution in [2.24, 2.45) is 0 Å². The lowest BCUT2D eigenvalue weighted by molar-refractivity contribution is 0.219. The number of furan rings is 1. The molecule has 26 heavy (non-hydrogen) atoms. The normalized spacial score (nSPS) is 15.5. The fourth-order valence-electron chi connectivity index (χ4n) is 3.75. The Balaban J connectivity index is 1.74. The average molecular weight is 352 g/mol. The van der Waals surface area contributed by atoms with Crippen LogP contribution in [0.25, 0.3) is 10.9 Å². The van der Waals surface area contributed by atoms with Crippen molar-refractivity contribution in [1.82, 2.24) is 14.0 Å². The van der Waals surface area contributed by atoms with Crippen LogP contribution < -0.4 is 11.2 Å². The highest BCUT2D eigenvalue weighted by atomic mass is 16.3. The van der Waals surface area contributed by atoms with Gasteiger partial charge in [-0.25, -0.2) is 0 Å². The van der Waals surface area contributed by atoms with E-state index in [0.717, 1.165) is 25.2 Å². The minimum Gasteiger partial charge on any atom is -0.467 e. The van der Waals surface area contributed by atoms with Crippen molar-refractivity contribution in [3.8, 4) is 0 Å². The number of nitrogens with zero attached hydrogens (tertiary/aromatic N) is 3. The highest BCUT2D eigenvalue weighted by Gasteiger charge is 2.14. The second kappa shape index (κ2) is 7.33. The number of aromatic nitrogens is 2. The first-order valence-electron chi connectivity index (χ1n) is 9.26. The third-order valence-electron chi connectivity index (χ3n) is 5.16. The first kappa shape index (κ1) is 16.8. The number of likely N-dealkylation sites (tertiary alicyclic amines) is 1. The standard InChI is InChI=1S/C20H24N4O2/c21-20-23(13-12-22-10-4-1-5-11-22)18-9-3-2-8-17(18)19(25)24(20)15-16-7-6-14-26-16/h2-3,6-9,14,21H,1,4-5,10-13,15H2. The van der Waals surface area contributed by atoms with Crippen LogP contribution in [-0.2, 0) is 13.1 Å². The van der Waals surface area contributed by atoms with Gasteiger partial charge in [-0.2, -0.15) is 0 Å². The molecule has 0 amide bonds. The molecular formula is C20H24N4O2. The van der Waals surface area contributed by atoms with E-state index < -0.39 is 0 Å². The summed E-state index contributed by atoms with van der Waals surface area (Å²) in [4.78, 5) is 15.4. The van der Waals surface area contributed by atoms with Crippen LogP contribution in [-0.4, -0.2) is 33.7 Å². The molecule has 3 aromatic rings. The van der Waals surface area contributed by atoms with Crippen LogP contribution in [0.15, 0.2) is 51.9 Å². The van der Waals surface area contributed by atoms with E-state index in [2.05, 4.69) is 4.90 Å². The summed E-state index contributed by atoms with van der Waals surface area (Å²) in [5, 5.41) is 9.30. The molecule has 1 N–H and O–H groups in total. The van der Waals surface area contributed by atoms with Crippen LogP contribution in [0, 0.1) is 5.41 Å². The van der Waals surface area contributed by atoms with Gasteiger partial charge >= 0.3 is 0 Å². The molecule has 4 rings (SSSR count). The Bertz CT molecular complexity index is 995. The Kier molecular flexibility index (Phi) is 4.75. The molecule has 6 heteroatoms. The number of para-hydroxylation sites is 1. The molecule has 6 nitrogen and oxygen atoms in total. The molecule has 3 heterocycles. The van der Waals surface area contributed by atoms with Gasteiger partial charge < -0.3 is 13.9 Å². The van der Waals surface area contributed by atoms with Crippen molar-refractivity contribution in [2.45, 2.75) is 32.4 Å². The van der Waals surface area contributed by atoms with Gasteiger partial charge in [0.2, 0.25) is 5.62 Å². The molecule has 0 saturated carbocycles. The third kappa shape index (κ3) is 3.24. The average Bonchev–Trinajstić information content (AvgIpc) is 3.19. The van der Waals surface area contributed by atoms with Crippen molar-refractivity contribution in [2.75, 3.05) is 19.6 Å². The third-order valence-corrected chi connectivity index (χ3v) is 5.16. The van der Waals surface area contributed by atoms with Crippen molar-refractivity contribution < 1.29 is 4.42 Å². The number of rotatable bonds is 5. The molecule has 2 aromatic heterocycles. The number of nitrogens with one attached hydrogen (secondary N) is 1. The lowest BCUT2D eigenvalue weighted by Gasteiger charge is -2.27. The molecule has 0 atom stereocenters. The SMILES string of the molecule is N=c1n(Cc2ccco2)c(=O)c2ccccc2n1CCN1CCCCC1. The van der Waals surface area contributed by atoms with E-state index in [9.17, 15) is 4.79 Å². The monoisotopic (exact) mass is 352 g/mol. The Morgan fingerprint density at radius 2 is 1.77 bits per heavy atom. The Labute approximate surface area is 151 Å². The lowest BCUT2D eigenvalue weighted by atomic mass is 10.1. The molecule has 0 unspecified atom stereocenters. The van der Waals surface area contributed by atoms with E-state index in [-0.39, 0.29) is 17.7 Å². The maximum Gasteiger partial charge on any atom is 0.263 e. The lowest BCUT2D eigenvalue weighted by Crippen LogP contribution is -2.42. The minimum absolute atomic E-state index is 0.142. The zero-order valence-electron chi connectivity index (χ0n) is 14.9. The maximum absolute atomic E-state index is 12.9. The Morgan fingerprint density at radius 1 is 0.962 bits per heavy atom. The molecule has 0 aliphatic carbocycles. The molecule has 136 valence electrons. The smallest absolute Gasteiger partial charge is 0.263 e. The van der Waals surface area contributed by atoms with E-state index in [1.807, 2.05) is 34.9 Å². The molecule has 1 aliphatic heterocycles. The summed E-state index contributed by atoms with van der Waals surface area (Å²) in [6, 6.07) is 11.2. The van der Waals surface area contributed by atoms with E-state index in [1.165, 1.54) is 23.8 Å². The van der Waals surface area contributed by atoms with Gasteiger partial charge in [0, 0.05) is 13.1 Å². The van der Waals surface area contributed by atoms with Crippen molar-refractivity contribution >= 4 is 10.9 Å². The number of hydrogen-bond donors (Lipinski definition) is 1. The van der Waals surface area contributed by atoms with Gasteiger partial charge in [-0.3, -0.25) is 14.8 Å². The van der Waals surface area contributed by atoms with Crippen molar-refractivity contribution in [3.05, 3.63) is 64.4 Å². The second-order valence-electron chi connectivity index (χ2n) is 6.87. The molecule has 0 radical (unpaired) electrons. The van der Waals surface area contributed by atoms with Gasteiger partial charge in [0.1, 0.15) is 5.76 Å². The van der Waals surface area contributed by atoms with Crippen LogP contribution in [0.2, 0.25) is 0 Å². The zero-order chi connectivity index (χ0) is 17.9. The summed E-state index contributed by atoms with van der Waals surface area (Å²) >= 11 is 0. The first-order chi connectivity index (χ1) is 12.7. The molecule has 0 bridgehead atoms. The minimum atomic E-state index is -0.142. The van der Waals surface area contributed by atoms with Crippen LogP contribution in [0.3, 0.4) is 0 Å². The molecular weight excluding hydrogens is 328 g/mol. The van der Waals surface area contributed by atoms with Crippen LogP contribution in [0.1, 0.15) is 25.0 Å². The number of fused-ring (bicyclic) bond motifs is 1. The highest BCUT2D eigenvalue weighted by Crippen LogP contribution is 2.11. The number of hydrogen-bond acceptors (Lipinski definition) is 4. The highest BCUT2D eigenvalue weighted by molar-refractivity contribution is 5.77. The summed E-state index contributed by atoms with van der Waals surface area (Å²) in [6.07, 6.45) is 5.40. The number of benzene rings is 1. The van der Waals surface area contributed by atoms with E-state index in [0.29, 0.717) is 17.7 Å². The molecule has 1 aromatic carbocycles. The number of piperidine rings is 1. The quantitative estimate of drug-likeness (QED) is 0.767. The summed E-state index contributed by atoms with van der Waals surface area (Å²) in [5.41, 5.74) is 0.911. The summed E-state index contributed by atoms with van der Waals surface area (Å²) < 4.78 is 8.84. The van der Waals surface area contributed by atoms with Gasteiger partial charge in [-0.05, 0) is 50.2 Å². The molecule has 1 fully saturated rings. The van der Waals surface area contributed by atoms with Gasteiger partial charge in [-0.15, -0.1) is 0 Å². The van der Waals surface area contributed by atoms with Crippen LogP contribution in [0.5, 0.6) is 0 Å². The molecule has 1 aliphatic rings. The van der Waals surface area contributed by atoms with Gasteiger partial charge in [0.05, 0.1) is 23.7 Å². The van der Waals surface area contributed by atoms with Gasteiger partial charge in [0.15, 0.2) is 0 Å². The zero-order valence-corrected chi connectivity index (χ0v) is 14.9. The topological polar surface area (TPSA) is 67.2 Å². The van der Waals surface area contributed by atoms with Crippen molar-refractivity contribution in [1.29, 1.82) is 5.41 Å². The second-order valence-corrected chi connectivity index (χ2v) is 6.87. The van der Waals surface area contributed by atoms with E-state index >= 15 is 0 Å². The summed E-state index contributed by atoms with van der Waals surface area (Å²) in [5.74, 6) is 0.679. The summed E-state index contributed by atoms with van der Waals surface area (Å²) in [7, 11) is 0. The largest absolute Gasteiger partial charge is 0.467 e. The fraction of sp³-hybridized carbons (Fsp3) is 0.400. The molecule has 1 saturated heterocycles. The van der Waals surface area contributed by atoms with Crippen LogP contribution in [0.4, 0.5) is 0 Å². The Hall–Kier alpha value is -2.60. The van der Waals surface area contributed by atoms with Crippen LogP contribution >= 0.6 is 0 Å². The first-order valence-corrected chi connectivity index (χ1v) is 9.26. The maximum atomic E-state index is 12.9.